The first-order valence-corrected chi connectivity index (χ1v) is 9.49. The van der Waals surface area contributed by atoms with E-state index in [4.69, 9.17) is 15.0 Å². The Bertz CT molecular complexity index is 762. The lowest BCUT2D eigenvalue weighted by Gasteiger charge is -2.33. The van der Waals surface area contributed by atoms with E-state index < -0.39 is 16.0 Å². The second kappa shape index (κ2) is 7.83. The van der Waals surface area contributed by atoms with Crippen LogP contribution in [0.15, 0.2) is 23.1 Å². The zero-order valence-corrected chi connectivity index (χ0v) is 14.8. The number of sulfonamides is 1. The minimum atomic E-state index is -3.94. The van der Waals surface area contributed by atoms with Crippen LogP contribution in [0.3, 0.4) is 0 Å². The third-order valence-electron chi connectivity index (χ3n) is 4.30. The van der Waals surface area contributed by atoms with Crippen LogP contribution >= 0.6 is 0 Å². The molecule has 0 saturated carbocycles. The first-order valence-electron chi connectivity index (χ1n) is 7.94. The predicted molar refractivity (Wildman–Crippen MR) is 89.9 cm³/mol. The number of carboxylic acid groups (broad SMARTS) is 1. The summed E-state index contributed by atoms with van der Waals surface area (Å²) in [5, 5.41) is 13.9. The molecule has 2 rings (SSSR count). The van der Waals surface area contributed by atoms with E-state index in [1.165, 1.54) is 25.3 Å². The molecule has 3 N–H and O–H groups in total. The molecule has 1 aliphatic rings. The molecule has 0 aromatic heterocycles. The number of primary sulfonamides is 1. The van der Waals surface area contributed by atoms with Crippen molar-refractivity contribution >= 4 is 21.9 Å². The number of amides is 1. The van der Waals surface area contributed by atoms with Gasteiger partial charge in [0.2, 0.25) is 10.0 Å². The lowest BCUT2D eigenvalue weighted by atomic mass is 9.93. The average molecular weight is 370 g/mol. The molecule has 25 heavy (non-hydrogen) atoms. The maximum atomic E-state index is 12.8. The summed E-state index contributed by atoms with van der Waals surface area (Å²) in [6.07, 6.45) is 2.21. The summed E-state index contributed by atoms with van der Waals surface area (Å²) in [6.45, 7) is 0.972. The summed E-state index contributed by atoms with van der Waals surface area (Å²) in [6, 6.07) is 3.91. The van der Waals surface area contributed by atoms with E-state index in [1.807, 2.05) is 0 Å². The highest BCUT2D eigenvalue weighted by atomic mass is 32.2. The van der Waals surface area contributed by atoms with Crippen molar-refractivity contribution in [1.82, 2.24) is 4.90 Å². The van der Waals surface area contributed by atoms with Gasteiger partial charge in [-0.15, -0.1) is 0 Å². The normalized spacial score (nSPS) is 18.0. The fourth-order valence-corrected chi connectivity index (χ4v) is 3.55. The van der Waals surface area contributed by atoms with Crippen LogP contribution < -0.4 is 9.88 Å². The molecule has 8 nitrogen and oxygen atoms in total. The van der Waals surface area contributed by atoms with Gasteiger partial charge in [0, 0.05) is 19.5 Å². The van der Waals surface area contributed by atoms with E-state index in [1.54, 1.807) is 4.90 Å². The van der Waals surface area contributed by atoms with Gasteiger partial charge in [0.15, 0.2) is 0 Å². The van der Waals surface area contributed by atoms with Crippen LogP contribution in [0.2, 0.25) is 0 Å². The van der Waals surface area contributed by atoms with E-state index in [2.05, 4.69) is 0 Å². The zero-order chi connectivity index (χ0) is 18.6. The van der Waals surface area contributed by atoms with Crippen LogP contribution in [0, 0.1) is 5.92 Å². The van der Waals surface area contributed by atoms with Crippen molar-refractivity contribution in [2.24, 2.45) is 11.1 Å². The molecule has 1 fully saturated rings. The van der Waals surface area contributed by atoms with Crippen molar-refractivity contribution in [1.29, 1.82) is 0 Å². The van der Waals surface area contributed by atoms with Gasteiger partial charge < -0.3 is 14.7 Å². The molecule has 1 unspecified atom stereocenters. The number of likely N-dealkylation sites (tertiary alicyclic amines) is 1. The molecular weight excluding hydrogens is 348 g/mol. The molecule has 1 aromatic carbocycles. The number of carboxylic acids is 1. The molecule has 1 amide bonds. The number of rotatable bonds is 6. The van der Waals surface area contributed by atoms with Crippen LogP contribution in [0.5, 0.6) is 5.75 Å². The third-order valence-corrected chi connectivity index (χ3v) is 5.21. The number of nitrogens with zero attached hydrogens (tertiary/aromatic N) is 1. The Morgan fingerprint density at radius 1 is 1.40 bits per heavy atom. The molecule has 0 bridgehead atoms. The Kier molecular flexibility index (Phi) is 6.02. The van der Waals surface area contributed by atoms with Gasteiger partial charge in [-0.2, -0.15) is 0 Å². The molecule has 138 valence electrons. The number of methoxy groups -OCH3 is 1. The summed E-state index contributed by atoms with van der Waals surface area (Å²) in [5.41, 5.74) is 0.132. The van der Waals surface area contributed by atoms with E-state index in [0.717, 1.165) is 12.8 Å². The highest BCUT2D eigenvalue weighted by molar-refractivity contribution is 7.89. The van der Waals surface area contributed by atoms with E-state index >= 15 is 0 Å². The number of ether oxygens (including phenoxy) is 1. The fourth-order valence-electron chi connectivity index (χ4n) is 3.01. The molecule has 1 saturated heterocycles. The van der Waals surface area contributed by atoms with Crippen LogP contribution in [0.25, 0.3) is 0 Å². The molecule has 9 heteroatoms. The molecule has 0 radical (unpaired) electrons. The Morgan fingerprint density at radius 2 is 2.12 bits per heavy atom. The van der Waals surface area contributed by atoms with Crippen molar-refractivity contribution in [3.63, 3.8) is 0 Å². The summed E-state index contributed by atoms with van der Waals surface area (Å²) in [5.74, 6) is -0.820. The number of aliphatic carboxylic acids is 1. The number of hydrogen-bond donors (Lipinski definition) is 2. The molecule has 0 spiro atoms. The largest absolute Gasteiger partial charge is 0.496 e. The minimum absolute atomic E-state index is 0.0664. The van der Waals surface area contributed by atoms with Crippen LogP contribution in [-0.2, 0) is 14.8 Å². The van der Waals surface area contributed by atoms with Crippen molar-refractivity contribution in [3.8, 4) is 5.75 Å². The van der Waals surface area contributed by atoms with Crippen molar-refractivity contribution in [2.75, 3.05) is 20.2 Å². The molecule has 1 aliphatic heterocycles. The second-order valence-corrected chi connectivity index (χ2v) is 7.66. The van der Waals surface area contributed by atoms with E-state index in [0.29, 0.717) is 19.5 Å². The topological polar surface area (TPSA) is 127 Å². The first-order chi connectivity index (χ1) is 11.7. The van der Waals surface area contributed by atoms with Crippen LogP contribution in [0.4, 0.5) is 0 Å². The fraction of sp³-hybridized carbons (Fsp3) is 0.500. The molecule has 1 heterocycles. The Balaban J connectivity index is 2.22. The number of hydrogen-bond acceptors (Lipinski definition) is 5. The van der Waals surface area contributed by atoms with Crippen molar-refractivity contribution in [3.05, 3.63) is 23.8 Å². The van der Waals surface area contributed by atoms with Gasteiger partial charge in [0.25, 0.3) is 5.91 Å². The predicted octanol–water partition coefficient (Wildman–Crippen LogP) is 1.06. The lowest BCUT2D eigenvalue weighted by Crippen LogP contribution is -2.40. The monoisotopic (exact) mass is 370 g/mol. The smallest absolute Gasteiger partial charge is 0.303 e. The summed E-state index contributed by atoms with van der Waals surface area (Å²) in [4.78, 5) is 25.0. The SMILES string of the molecule is COc1ccc(S(N)(=O)=O)cc1C(=O)N1CCCC(CCC(=O)O)C1. The molecule has 1 atom stereocenters. The molecule has 1 aromatic rings. The van der Waals surface area contributed by atoms with Gasteiger partial charge in [-0.05, 0) is 43.4 Å². The number of carbonyl (C=O) groups is 2. The van der Waals surface area contributed by atoms with Gasteiger partial charge in [-0.3, -0.25) is 9.59 Å². The third kappa shape index (κ3) is 4.93. The van der Waals surface area contributed by atoms with Gasteiger partial charge in [0.1, 0.15) is 5.75 Å². The Hall–Kier alpha value is -2.13. The lowest BCUT2D eigenvalue weighted by molar-refractivity contribution is -0.137. The number of nitrogens with two attached hydrogens (primary N) is 1. The summed E-state index contributed by atoms with van der Waals surface area (Å²) < 4.78 is 28.3. The van der Waals surface area contributed by atoms with E-state index in [9.17, 15) is 18.0 Å². The number of piperidine rings is 1. The zero-order valence-electron chi connectivity index (χ0n) is 14.0. The summed E-state index contributed by atoms with van der Waals surface area (Å²) in [7, 11) is -2.54. The Morgan fingerprint density at radius 3 is 2.72 bits per heavy atom. The highest BCUT2D eigenvalue weighted by Gasteiger charge is 2.27. The van der Waals surface area contributed by atoms with Gasteiger partial charge in [0.05, 0.1) is 17.6 Å². The first kappa shape index (κ1) is 19.2. The molecular formula is C16H22N2O6S. The van der Waals surface area contributed by atoms with Crippen molar-refractivity contribution in [2.45, 2.75) is 30.6 Å². The van der Waals surface area contributed by atoms with E-state index in [-0.39, 0.29) is 34.5 Å². The van der Waals surface area contributed by atoms with Gasteiger partial charge in [-0.25, -0.2) is 13.6 Å². The summed E-state index contributed by atoms with van der Waals surface area (Å²) >= 11 is 0. The molecule has 0 aliphatic carbocycles. The Labute approximate surface area is 146 Å². The number of benzene rings is 1. The maximum absolute atomic E-state index is 12.8. The van der Waals surface area contributed by atoms with Gasteiger partial charge >= 0.3 is 5.97 Å². The van der Waals surface area contributed by atoms with Gasteiger partial charge in [-0.1, -0.05) is 0 Å². The number of carbonyl (C=O) groups excluding carboxylic acids is 1. The van der Waals surface area contributed by atoms with Crippen LogP contribution in [0.1, 0.15) is 36.0 Å². The highest BCUT2D eigenvalue weighted by Crippen LogP contribution is 2.27. The maximum Gasteiger partial charge on any atom is 0.303 e. The van der Waals surface area contributed by atoms with Crippen molar-refractivity contribution < 1.29 is 27.9 Å². The standard InChI is InChI=1S/C16H22N2O6S/c1-24-14-6-5-12(25(17,22)23)9-13(14)16(21)18-8-2-3-11(10-18)4-7-15(19)20/h5-6,9,11H,2-4,7-8,10H2,1H3,(H,19,20)(H2,17,22,23). The quantitative estimate of drug-likeness (QED) is 0.771. The second-order valence-electron chi connectivity index (χ2n) is 6.10. The van der Waals surface area contributed by atoms with Crippen LogP contribution in [-0.4, -0.2) is 50.5 Å². The minimum Gasteiger partial charge on any atom is -0.496 e. The average Bonchev–Trinajstić information content (AvgIpc) is 2.58.